The fourth-order valence-corrected chi connectivity index (χ4v) is 1.43. The minimum atomic E-state index is -1.18. The van der Waals surface area contributed by atoms with Gasteiger partial charge in [0.2, 0.25) is 5.82 Å². The van der Waals surface area contributed by atoms with Gasteiger partial charge < -0.3 is 9.84 Å². The van der Waals surface area contributed by atoms with Crippen molar-refractivity contribution in [1.29, 1.82) is 0 Å². The quantitative estimate of drug-likeness (QED) is 0.681. The van der Waals surface area contributed by atoms with Gasteiger partial charge in [0.05, 0.1) is 16.7 Å². The molecule has 0 saturated heterocycles. The monoisotopic (exact) mass is 278 g/mol. The summed E-state index contributed by atoms with van der Waals surface area (Å²) in [4.78, 5) is 24.0. The van der Waals surface area contributed by atoms with Gasteiger partial charge in [0.15, 0.2) is 0 Å². The molecule has 0 spiro atoms. The SMILES string of the molecule is O=C(O)c1cncc(Oc2ccc([N+](=O)[O-])c(F)c2)c1. The zero-order valence-corrected chi connectivity index (χ0v) is 9.82. The summed E-state index contributed by atoms with van der Waals surface area (Å²) in [5.41, 5.74) is -0.764. The Bertz CT molecular complexity index is 689. The van der Waals surface area contributed by atoms with Crippen molar-refractivity contribution in [2.24, 2.45) is 0 Å². The van der Waals surface area contributed by atoms with Crippen molar-refractivity contribution in [3.05, 3.63) is 58.2 Å². The van der Waals surface area contributed by atoms with Crippen molar-refractivity contribution in [2.45, 2.75) is 0 Å². The van der Waals surface area contributed by atoms with Crippen LogP contribution in [0.5, 0.6) is 11.5 Å². The maximum Gasteiger partial charge on any atom is 0.337 e. The third-order valence-corrected chi connectivity index (χ3v) is 2.31. The number of rotatable bonds is 4. The molecular formula is C12H7FN2O5. The highest BCUT2D eigenvalue weighted by Gasteiger charge is 2.15. The number of carbonyl (C=O) groups is 1. The first-order valence-electron chi connectivity index (χ1n) is 5.27. The lowest BCUT2D eigenvalue weighted by molar-refractivity contribution is -0.387. The van der Waals surface area contributed by atoms with E-state index in [1.54, 1.807) is 0 Å². The number of carboxylic acids is 1. The molecule has 8 heteroatoms. The van der Waals surface area contributed by atoms with Crippen LogP contribution in [0.25, 0.3) is 0 Å². The molecule has 1 aromatic carbocycles. The minimum Gasteiger partial charge on any atom is -0.478 e. The average molecular weight is 278 g/mol. The smallest absolute Gasteiger partial charge is 0.337 e. The van der Waals surface area contributed by atoms with Crippen molar-refractivity contribution in [3.63, 3.8) is 0 Å². The van der Waals surface area contributed by atoms with Gasteiger partial charge >= 0.3 is 11.7 Å². The molecule has 2 aromatic rings. The molecule has 1 N–H and O–H groups in total. The van der Waals surface area contributed by atoms with Crippen LogP contribution in [0.1, 0.15) is 10.4 Å². The molecule has 7 nitrogen and oxygen atoms in total. The Morgan fingerprint density at radius 3 is 2.65 bits per heavy atom. The first-order valence-corrected chi connectivity index (χ1v) is 5.27. The third kappa shape index (κ3) is 2.86. The Kier molecular flexibility index (Phi) is 3.56. The van der Waals surface area contributed by atoms with E-state index in [9.17, 15) is 19.3 Å². The van der Waals surface area contributed by atoms with Crippen molar-refractivity contribution in [3.8, 4) is 11.5 Å². The van der Waals surface area contributed by atoms with E-state index in [0.29, 0.717) is 0 Å². The maximum absolute atomic E-state index is 13.4. The van der Waals surface area contributed by atoms with Gasteiger partial charge in [0.25, 0.3) is 0 Å². The molecule has 1 aromatic heterocycles. The molecule has 0 aliphatic rings. The van der Waals surface area contributed by atoms with Gasteiger partial charge in [0, 0.05) is 18.3 Å². The van der Waals surface area contributed by atoms with Gasteiger partial charge in [-0.25, -0.2) is 4.79 Å². The van der Waals surface area contributed by atoms with E-state index in [2.05, 4.69) is 4.98 Å². The zero-order valence-electron chi connectivity index (χ0n) is 9.82. The molecule has 20 heavy (non-hydrogen) atoms. The van der Waals surface area contributed by atoms with Crippen LogP contribution in [-0.4, -0.2) is 21.0 Å². The van der Waals surface area contributed by atoms with Crippen LogP contribution in [0, 0.1) is 15.9 Å². The number of halogens is 1. The Morgan fingerprint density at radius 2 is 2.05 bits per heavy atom. The largest absolute Gasteiger partial charge is 0.478 e. The van der Waals surface area contributed by atoms with Crippen molar-refractivity contribution >= 4 is 11.7 Å². The number of aromatic carboxylic acids is 1. The highest BCUT2D eigenvalue weighted by atomic mass is 19.1. The first kappa shape index (κ1) is 13.4. The maximum atomic E-state index is 13.4. The number of aromatic nitrogens is 1. The normalized spacial score (nSPS) is 10.1. The predicted molar refractivity (Wildman–Crippen MR) is 64.3 cm³/mol. The number of hydrogen-bond donors (Lipinski definition) is 1. The highest BCUT2D eigenvalue weighted by Crippen LogP contribution is 2.26. The summed E-state index contributed by atoms with van der Waals surface area (Å²) < 4.78 is 18.6. The van der Waals surface area contributed by atoms with Crippen LogP contribution >= 0.6 is 0 Å². The standard InChI is InChI=1S/C12H7FN2O5/c13-10-4-8(1-2-11(10)15(18)19)20-9-3-7(12(16)17)5-14-6-9/h1-6H,(H,16,17). The number of ether oxygens (including phenoxy) is 1. The highest BCUT2D eigenvalue weighted by molar-refractivity contribution is 5.87. The second kappa shape index (κ2) is 5.31. The van der Waals surface area contributed by atoms with Crippen molar-refractivity contribution < 1.29 is 24.0 Å². The summed E-state index contributed by atoms with van der Waals surface area (Å²) in [6, 6.07) is 4.20. The van der Waals surface area contributed by atoms with E-state index in [1.165, 1.54) is 18.3 Å². The van der Waals surface area contributed by atoms with Crippen LogP contribution in [0.2, 0.25) is 0 Å². The molecule has 2 rings (SSSR count). The number of nitrogens with zero attached hydrogens (tertiary/aromatic N) is 2. The molecule has 0 aliphatic carbocycles. The lowest BCUT2D eigenvalue weighted by Crippen LogP contribution is -1.98. The van der Waals surface area contributed by atoms with Gasteiger partial charge in [-0.15, -0.1) is 0 Å². The van der Waals surface area contributed by atoms with Crippen molar-refractivity contribution in [2.75, 3.05) is 0 Å². The summed E-state index contributed by atoms with van der Waals surface area (Å²) >= 11 is 0. The van der Waals surface area contributed by atoms with E-state index in [-0.39, 0.29) is 17.1 Å². The Morgan fingerprint density at radius 1 is 1.30 bits per heavy atom. The Labute approximate surface area is 111 Å². The number of pyridine rings is 1. The van der Waals surface area contributed by atoms with Crippen LogP contribution in [0.15, 0.2) is 36.7 Å². The fraction of sp³-hybridized carbons (Fsp3) is 0. The van der Waals surface area contributed by atoms with E-state index in [4.69, 9.17) is 9.84 Å². The molecule has 0 aliphatic heterocycles. The Hall–Kier alpha value is -3.03. The summed E-state index contributed by atoms with van der Waals surface area (Å²) in [5.74, 6) is -2.15. The predicted octanol–water partition coefficient (Wildman–Crippen LogP) is 2.62. The second-order valence-corrected chi connectivity index (χ2v) is 3.69. The van der Waals surface area contributed by atoms with Crippen LogP contribution in [-0.2, 0) is 0 Å². The minimum absolute atomic E-state index is 0.00237. The molecule has 0 amide bonds. The van der Waals surface area contributed by atoms with Gasteiger partial charge in [-0.2, -0.15) is 4.39 Å². The van der Waals surface area contributed by atoms with Crippen molar-refractivity contribution in [1.82, 2.24) is 4.98 Å². The molecule has 0 fully saturated rings. The lowest BCUT2D eigenvalue weighted by Gasteiger charge is -2.05. The summed E-state index contributed by atoms with van der Waals surface area (Å²) in [5, 5.41) is 19.2. The van der Waals surface area contributed by atoms with Crippen LogP contribution in [0.3, 0.4) is 0 Å². The van der Waals surface area contributed by atoms with E-state index in [1.807, 2.05) is 0 Å². The molecule has 0 radical (unpaired) electrons. The van der Waals surface area contributed by atoms with Crippen LogP contribution < -0.4 is 4.74 Å². The number of benzene rings is 1. The zero-order chi connectivity index (χ0) is 14.7. The van der Waals surface area contributed by atoms with Gasteiger partial charge in [-0.3, -0.25) is 15.1 Å². The van der Waals surface area contributed by atoms with E-state index < -0.39 is 22.4 Å². The lowest BCUT2D eigenvalue weighted by atomic mass is 10.2. The summed E-state index contributed by atoms with van der Waals surface area (Å²) in [6.45, 7) is 0. The number of carboxylic acid groups (broad SMARTS) is 1. The van der Waals surface area contributed by atoms with Gasteiger partial charge in [-0.1, -0.05) is 0 Å². The second-order valence-electron chi connectivity index (χ2n) is 3.69. The number of nitro groups is 1. The first-order chi connectivity index (χ1) is 9.47. The Balaban J connectivity index is 2.26. The van der Waals surface area contributed by atoms with Crippen LogP contribution in [0.4, 0.5) is 10.1 Å². The van der Waals surface area contributed by atoms with Gasteiger partial charge in [0.1, 0.15) is 11.5 Å². The number of hydrogen-bond acceptors (Lipinski definition) is 5. The average Bonchev–Trinajstić information content (AvgIpc) is 2.38. The molecule has 0 saturated carbocycles. The van der Waals surface area contributed by atoms with E-state index >= 15 is 0 Å². The third-order valence-electron chi connectivity index (χ3n) is 2.31. The molecule has 1 heterocycles. The molecule has 0 bridgehead atoms. The fourth-order valence-electron chi connectivity index (χ4n) is 1.43. The molecule has 102 valence electrons. The van der Waals surface area contributed by atoms with E-state index in [0.717, 1.165) is 18.3 Å². The molecule has 0 atom stereocenters. The van der Waals surface area contributed by atoms with Gasteiger partial charge in [-0.05, 0) is 12.1 Å². The summed E-state index contributed by atoms with van der Waals surface area (Å²) in [6.07, 6.45) is 2.37. The molecular weight excluding hydrogens is 271 g/mol. The topological polar surface area (TPSA) is 103 Å². The summed E-state index contributed by atoms with van der Waals surface area (Å²) in [7, 11) is 0. The number of nitro benzene ring substituents is 1. The molecule has 0 unspecified atom stereocenters.